The van der Waals surface area contributed by atoms with Gasteiger partial charge in [0.25, 0.3) is 0 Å². The minimum Gasteiger partial charge on any atom is -0.480 e. The van der Waals surface area contributed by atoms with Gasteiger partial charge >= 0.3 is 0 Å². The SMILES string of the molecule is Fc1ccccc1[C@@H]1C2=C(Nc3ncnn31)c1ccccc1O[C@@H]2c1cccs1. The first kappa shape index (κ1) is 16.5. The fraction of sp³-hybridized carbons (Fsp3) is 0.0909. The van der Waals surface area contributed by atoms with E-state index in [0.29, 0.717) is 11.5 Å². The second-order valence-electron chi connectivity index (χ2n) is 6.92. The number of halogens is 1. The van der Waals surface area contributed by atoms with Crippen LogP contribution in [0.5, 0.6) is 5.75 Å². The van der Waals surface area contributed by atoms with E-state index in [-0.39, 0.29) is 11.9 Å². The third-order valence-electron chi connectivity index (χ3n) is 5.32. The molecule has 0 aliphatic carbocycles. The highest BCUT2D eigenvalue weighted by Crippen LogP contribution is 2.51. The fourth-order valence-corrected chi connectivity index (χ4v) is 4.86. The molecule has 2 aromatic carbocycles. The fourth-order valence-electron chi connectivity index (χ4n) is 4.09. The third-order valence-corrected chi connectivity index (χ3v) is 6.24. The van der Waals surface area contributed by atoms with Crippen molar-refractivity contribution in [2.45, 2.75) is 12.1 Å². The maximum absolute atomic E-state index is 15.0. The Morgan fingerprint density at radius 2 is 1.90 bits per heavy atom. The highest BCUT2D eigenvalue weighted by molar-refractivity contribution is 7.10. The zero-order valence-corrected chi connectivity index (χ0v) is 15.9. The molecule has 1 N–H and O–H groups in total. The van der Waals surface area contributed by atoms with Gasteiger partial charge in [-0.15, -0.1) is 11.3 Å². The van der Waals surface area contributed by atoms with Crippen molar-refractivity contribution in [2.24, 2.45) is 0 Å². The summed E-state index contributed by atoms with van der Waals surface area (Å²) in [5.41, 5.74) is 3.30. The molecule has 0 saturated carbocycles. The number of nitrogens with zero attached hydrogens (tertiary/aromatic N) is 3. The first-order chi connectivity index (χ1) is 14.3. The number of nitrogens with one attached hydrogen (secondary N) is 1. The lowest BCUT2D eigenvalue weighted by molar-refractivity contribution is 0.226. The Labute approximate surface area is 170 Å². The summed E-state index contributed by atoms with van der Waals surface area (Å²) < 4.78 is 23.1. The Bertz CT molecular complexity index is 1250. The summed E-state index contributed by atoms with van der Waals surface area (Å²) >= 11 is 1.62. The van der Waals surface area contributed by atoms with Gasteiger partial charge in [0.2, 0.25) is 5.95 Å². The molecule has 0 unspecified atom stereocenters. The third kappa shape index (κ3) is 2.44. The van der Waals surface area contributed by atoms with E-state index in [1.165, 1.54) is 12.4 Å². The minimum atomic E-state index is -0.467. The normalized spacial score (nSPS) is 19.6. The van der Waals surface area contributed by atoms with Crippen molar-refractivity contribution in [3.63, 3.8) is 0 Å². The molecule has 0 saturated heterocycles. The molecule has 6 rings (SSSR count). The summed E-state index contributed by atoms with van der Waals surface area (Å²) in [6, 6.07) is 18.3. The van der Waals surface area contributed by atoms with Crippen LogP contribution in [0.25, 0.3) is 5.70 Å². The monoisotopic (exact) mass is 402 g/mol. The molecule has 4 aromatic rings. The Morgan fingerprint density at radius 3 is 2.76 bits per heavy atom. The molecule has 2 atom stereocenters. The lowest BCUT2D eigenvalue weighted by atomic mass is 9.86. The molecular weight excluding hydrogens is 387 g/mol. The molecule has 0 amide bonds. The highest BCUT2D eigenvalue weighted by Gasteiger charge is 2.41. The van der Waals surface area contributed by atoms with Crippen molar-refractivity contribution in [3.8, 4) is 5.75 Å². The average molecular weight is 402 g/mol. The van der Waals surface area contributed by atoms with E-state index in [9.17, 15) is 4.39 Å². The molecule has 2 aliphatic heterocycles. The van der Waals surface area contributed by atoms with E-state index in [4.69, 9.17) is 4.74 Å². The summed E-state index contributed by atoms with van der Waals surface area (Å²) in [6.45, 7) is 0. The number of rotatable bonds is 2. The van der Waals surface area contributed by atoms with Crippen LogP contribution >= 0.6 is 11.3 Å². The Kier molecular flexibility index (Phi) is 3.57. The van der Waals surface area contributed by atoms with E-state index >= 15 is 0 Å². The zero-order chi connectivity index (χ0) is 19.4. The van der Waals surface area contributed by atoms with Crippen molar-refractivity contribution in [1.29, 1.82) is 0 Å². The minimum absolute atomic E-state index is 0.281. The first-order valence-corrected chi connectivity index (χ1v) is 10.1. The van der Waals surface area contributed by atoms with Crippen LogP contribution in [0.15, 0.2) is 77.9 Å². The molecule has 0 bridgehead atoms. The molecule has 2 aliphatic rings. The molecule has 0 spiro atoms. The summed E-state index contributed by atoms with van der Waals surface area (Å²) in [7, 11) is 0. The number of thiophene rings is 1. The first-order valence-electron chi connectivity index (χ1n) is 9.26. The molecular formula is C22H15FN4OS. The number of fused-ring (bicyclic) bond motifs is 3. The number of benzene rings is 2. The van der Waals surface area contributed by atoms with Gasteiger partial charge in [-0.3, -0.25) is 0 Å². The second kappa shape index (κ2) is 6.28. The van der Waals surface area contributed by atoms with Gasteiger partial charge in [0.15, 0.2) is 6.10 Å². The van der Waals surface area contributed by atoms with Crippen LogP contribution in [0, 0.1) is 5.82 Å². The Balaban J connectivity index is 1.66. The van der Waals surface area contributed by atoms with Gasteiger partial charge in [-0.25, -0.2) is 9.07 Å². The van der Waals surface area contributed by atoms with Crippen LogP contribution in [0.3, 0.4) is 0 Å². The lowest BCUT2D eigenvalue weighted by Crippen LogP contribution is -2.32. The van der Waals surface area contributed by atoms with Crippen LogP contribution in [-0.2, 0) is 0 Å². The quantitative estimate of drug-likeness (QED) is 0.510. The maximum Gasteiger partial charge on any atom is 0.226 e. The van der Waals surface area contributed by atoms with E-state index < -0.39 is 6.04 Å². The predicted molar refractivity (Wildman–Crippen MR) is 109 cm³/mol. The van der Waals surface area contributed by atoms with Crippen LogP contribution in [0.4, 0.5) is 10.3 Å². The molecule has 142 valence electrons. The second-order valence-corrected chi connectivity index (χ2v) is 7.90. The molecule has 0 radical (unpaired) electrons. The zero-order valence-electron chi connectivity index (χ0n) is 15.1. The molecule has 2 aromatic heterocycles. The van der Waals surface area contributed by atoms with E-state index in [1.54, 1.807) is 28.2 Å². The smallest absolute Gasteiger partial charge is 0.226 e. The topological polar surface area (TPSA) is 52.0 Å². The number of aromatic nitrogens is 3. The number of hydrogen-bond acceptors (Lipinski definition) is 5. The van der Waals surface area contributed by atoms with Crippen molar-refractivity contribution < 1.29 is 9.13 Å². The van der Waals surface area contributed by atoms with Crippen LogP contribution in [-0.4, -0.2) is 14.8 Å². The van der Waals surface area contributed by atoms with Gasteiger partial charge in [0, 0.05) is 21.6 Å². The highest BCUT2D eigenvalue weighted by atomic mass is 32.1. The summed E-state index contributed by atoms with van der Waals surface area (Å²) in [5.74, 6) is 1.09. The van der Waals surface area contributed by atoms with E-state index in [0.717, 1.165) is 27.5 Å². The average Bonchev–Trinajstić information content (AvgIpc) is 3.44. The predicted octanol–water partition coefficient (Wildman–Crippen LogP) is 5.04. The van der Waals surface area contributed by atoms with Crippen molar-refractivity contribution in [1.82, 2.24) is 14.8 Å². The number of anilines is 1. The van der Waals surface area contributed by atoms with Gasteiger partial charge in [0.05, 0.1) is 5.70 Å². The largest absolute Gasteiger partial charge is 0.480 e. The van der Waals surface area contributed by atoms with Crippen LogP contribution in [0.1, 0.15) is 28.1 Å². The van der Waals surface area contributed by atoms with E-state index in [2.05, 4.69) is 15.4 Å². The Hall–Kier alpha value is -3.45. The van der Waals surface area contributed by atoms with Gasteiger partial charge in [-0.05, 0) is 29.6 Å². The maximum atomic E-state index is 15.0. The summed E-state index contributed by atoms with van der Waals surface area (Å²) in [6.07, 6.45) is 1.14. The summed E-state index contributed by atoms with van der Waals surface area (Å²) in [4.78, 5) is 5.41. The molecule has 7 heteroatoms. The number of para-hydroxylation sites is 1. The van der Waals surface area contributed by atoms with Crippen molar-refractivity contribution in [2.75, 3.05) is 5.32 Å². The van der Waals surface area contributed by atoms with Crippen molar-refractivity contribution in [3.05, 3.63) is 99.8 Å². The van der Waals surface area contributed by atoms with Gasteiger partial charge in [-0.1, -0.05) is 36.4 Å². The number of ether oxygens (including phenoxy) is 1. The molecule has 0 fully saturated rings. The molecule has 4 heterocycles. The van der Waals surface area contributed by atoms with Crippen LogP contribution in [0.2, 0.25) is 0 Å². The van der Waals surface area contributed by atoms with Gasteiger partial charge in [0.1, 0.15) is 23.9 Å². The molecule has 29 heavy (non-hydrogen) atoms. The van der Waals surface area contributed by atoms with E-state index in [1.807, 2.05) is 47.8 Å². The lowest BCUT2D eigenvalue weighted by Gasteiger charge is -2.38. The Morgan fingerprint density at radius 1 is 1.03 bits per heavy atom. The van der Waals surface area contributed by atoms with Crippen LogP contribution < -0.4 is 10.1 Å². The molecule has 5 nitrogen and oxygen atoms in total. The van der Waals surface area contributed by atoms with Crippen molar-refractivity contribution >= 4 is 23.0 Å². The van der Waals surface area contributed by atoms with Gasteiger partial charge < -0.3 is 10.1 Å². The van der Waals surface area contributed by atoms with Gasteiger partial charge in [-0.2, -0.15) is 10.1 Å². The summed E-state index contributed by atoms with van der Waals surface area (Å²) in [5, 5.41) is 9.85. The standard InChI is InChI=1S/C22H15FN4OS/c23-15-8-3-1-6-13(15)20-18-19(26-22-24-12-25-27(20)22)14-7-2-4-9-16(14)28-21(18)17-10-5-11-29-17/h1-12,20-21H,(H,24,25,26)/t20-,21-/m1/s1. The number of hydrogen-bond donors (Lipinski definition) is 1.